The fourth-order valence-corrected chi connectivity index (χ4v) is 0.763. The normalized spacial score (nSPS) is 9.15. The summed E-state index contributed by atoms with van der Waals surface area (Å²) < 4.78 is 4.92. The van der Waals surface area contributed by atoms with Gasteiger partial charge in [-0.15, -0.1) is 0 Å². The van der Waals surface area contributed by atoms with Gasteiger partial charge >= 0.3 is 5.75 Å². The Hall–Kier alpha value is -1.51. The van der Waals surface area contributed by atoms with E-state index in [1.54, 1.807) is 13.1 Å². The highest BCUT2D eigenvalue weighted by molar-refractivity contribution is 5.61. The maximum atomic E-state index is 4.92. The molecule has 1 aromatic carbocycles. The first-order valence-corrected chi connectivity index (χ1v) is 4.20. The molecule has 3 heteroatoms. The molecule has 0 unspecified atom stereocenters. The van der Waals surface area contributed by atoms with E-state index in [1.807, 2.05) is 32.0 Å². The van der Waals surface area contributed by atoms with Crippen LogP contribution in [0.1, 0.15) is 13.8 Å². The van der Waals surface area contributed by atoms with E-state index >= 15 is 0 Å². The van der Waals surface area contributed by atoms with Crippen molar-refractivity contribution in [2.45, 2.75) is 13.8 Å². The topological polar surface area (TPSA) is 36.0 Å². The van der Waals surface area contributed by atoms with E-state index < -0.39 is 0 Å². The average molecular weight is 179 g/mol. The summed E-state index contributed by atoms with van der Waals surface area (Å²) in [6.45, 7) is 7.40. The highest BCUT2D eigenvalue weighted by Gasteiger charge is 2.08. The van der Waals surface area contributed by atoms with Gasteiger partial charge in [-0.2, -0.15) is 0 Å². The SMILES string of the molecule is C=Nc1ccccc1[O+]=NC.CC. The van der Waals surface area contributed by atoms with Crippen LogP contribution in [0, 0.1) is 4.54 Å². The van der Waals surface area contributed by atoms with Crippen LogP contribution in [-0.4, -0.2) is 13.8 Å². The van der Waals surface area contributed by atoms with Gasteiger partial charge in [0.2, 0.25) is 0 Å². The van der Waals surface area contributed by atoms with Crippen LogP contribution in [0.3, 0.4) is 0 Å². The summed E-state index contributed by atoms with van der Waals surface area (Å²) in [5, 5.41) is 3.53. The van der Waals surface area contributed by atoms with Crippen LogP contribution in [0.15, 0.2) is 34.4 Å². The Morgan fingerprint density at radius 1 is 1.23 bits per heavy atom. The quantitative estimate of drug-likeness (QED) is 0.490. The van der Waals surface area contributed by atoms with Gasteiger partial charge in [0.15, 0.2) is 5.69 Å². The summed E-state index contributed by atoms with van der Waals surface area (Å²) in [7, 11) is 1.57. The monoisotopic (exact) mass is 179 g/mol. The van der Waals surface area contributed by atoms with Crippen LogP contribution in [0.5, 0.6) is 5.75 Å². The second-order valence-corrected chi connectivity index (χ2v) is 1.90. The second-order valence-electron chi connectivity index (χ2n) is 1.90. The van der Waals surface area contributed by atoms with E-state index in [9.17, 15) is 0 Å². The molecule has 13 heavy (non-hydrogen) atoms. The van der Waals surface area contributed by atoms with Crippen molar-refractivity contribution in [2.24, 2.45) is 10.2 Å². The standard InChI is InChI=1S/C8H9N2O.C2H6/c1-9-7-5-3-4-6-8(7)11-10-2;1-2/h3-6H,1H2,2H3;1-2H3/q+1;. The lowest BCUT2D eigenvalue weighted by molar-refractivity contribution is 1.35. The van der Waals surface area contributed by atoms with Crippen molar-refractivity contribution in [3.05, 3.63) is 28.8 Å². The summed E-state index contributed by atoms with van der Waals surface area (Å²) in [5.74, 6) is 0.630. The molecular formula is C10H15N2O+. The molecular weight excluding hydrogens is 164 g/mol. The van der Waals surface area contributed by atoms with Crippen LogP contribution in [-0.2, 0) is 0 Å². The van der Waals surface area contributed by atoms with E-state index in [-0.39, 0.29) is 0 Å². The molecule has 0 amide bonds. The van der Waals surface area contributed by atoms with Crippen molar-refractivity contribution in [1.29, 1.82) is 0 Å². The van der Waals surface area contributed by atoms with Gasteiger partial charge in [0.25, 0.3) is 0 Å². The minimum Gasteiger partial charge on any atom is -0.255 e. The van der Waals surface area contributed by atoms with Crippen molar-refractivity contribution in [2.75, 3.05) is 7.05 Å². The van der Waals surface area contributed by atoms with E-state index in [1.165, 1.54) is 0 Å². The molecule has 0 spiro atoms. The van der Waals surface area contributed by atoms with Crippen molar-refractivity contribution >= 4 is 12.4 Å². The molecule has 0 atom stereocenters. The third-order valence-electron chi connectivity index (χ3n) is 1.23. The molecule has 0 aliphatic heterocycles. The Balaban J connectivity index is 0.000000671. The van der Waals surface area contributed by atoms with Crippen LogP contribution >= 0.6 is 0 Å². The first-order valence-electron chi connectivity index (χ1n) is 4.20. The Kier molecular flexibility index (Phi) is 6.32. The van der Waals surface area contributed by atoms with Gasteiger partial charge in [-0.1, -0.05) is 30.5 Å². The Morgan fingerprint density at radius 3 is 2.38 bits per heavy atom. The Morgan fingerprint density at radius 2 is 1.85 bits per heavy atom. The minimum absolute atomic E-state index is 0.630. The first kappa shape index (κ1) is 11.5. The molecule has 0 bridgehead atoms. The zero-order chi connectivity index (χ0) is 10.1. The van der Waals surface area contributed by atoms with Crippen LogP contribution in [0.4, 0.5) is 5.69 Å². The summed E-state index contributed by atoms with van der Waals surface area (Å²) in [4.78, 5) is 3.75. The van der Waals surface area contributed by atoms with Gasteiger partial charge in [0.05, 0.1) is 6.07 Å². The maximum absolute atomic E-state index is 4.92. The first-order chi connectivity index (χ1) is 6.38. The fourth-order valence-electron chi connectivity index (χ4n) is 0.763. The molecule has 1 aromatic rings. The van der Waals surface area contributed by atoms with Gasteiger partial charge in [-0.05, 0) is 12.8 Å². The predicted octanol–water partition coefficient (Wildman–Crippen LogP) is 3.69. The third-order valence-corrected chi connectivity index (χ3v) is 1.23. The lowest BCUT2D eigenvalue weighted by Gasteiger charge is -1.84. The average Bonchev–Trinajstić information content (AvgIpc) is 2.22. The van der Waals surface area contributed by atoms with E-state index in [2.05, 4.69) is 16.9 Å². The van der Waals surface area contributed by atoms with Crippen LogP contribution < -0.4 is 0 Å². The molecule has 0 fully saturated rings. The van der Waals surface area contributed by atoms with E-state index in [0.717, 1.165) is 0 Å². The number of benzene rings is 1. The maximum Gasteiger partial charge on any atom is 0.424 e. The van der Waals surface area contributed by atoms with Gasteiger partial charge in [0.1, 0.15) is 12.2 Å². The zero-order valence-corrected chi connectivity index (χ0v) is 8.32. The lowest BCUT2D eigenvalue weighted by atomic mass is 10.3. The molecule has 0 radical (unpaired) electrons. The number of rotatable bonds is 2. The van der Waals surface area contributed by atoms with Crippen LogP contribution in [0.2, 0.25) is 0 Å². The molecule has 3 nitrogen and oxygen atoms in total. The fraction of sp³-hybridized carbons (Fsp3) is 0.300. The van der Waals surface area contributed by atoms with Gasteiger partial charge in [0, 0.05) is 0 Å². The second kappa shape index (κ2) is 7.16. The summed E-state index contributed by atoms with van der Waals surface area (Å²) >= 11 is 0. The van der Waals surface area contributed by atoms with Gasteiger partial charge in [-0.25, -0.2) is 0 Å². The molecule has 0 saturated carbocycles. The largest absolute Gasteiger partial charge is 0.424 e. The number of hydrogen-bond acceptors (Lipinski definition) is 2. The molecule has 0 aliphatic rings. The van der Waals surface area contributed by atoms with Crippen molar-refractivity contribution in [3.8, 4) is 5.75 Å². The molecule has 0 heterocycles. The summed E-state index contributed by atoms with van der Waals surface area (Å²) in [6.07, 6.45) is 0. The summed E-state index contributed by atoms with van der Waals surface area (Å²) in [6, 6.07) is 7.33. The molecule has 1 rings (SSSR count). The van der Waals surface area contributed by atoms with E-state index in [0.29, 0.717) is 11.4 Å². The zero-order valence-electron chi connectivity index (χ0n) is 8.32. The highest BCUT2D eigenvalue weighted by atomic mass is 16.5. The Labute approximate surface area is 78.8 Å². The lowest BCUT2D eigenvalue weighted by Crippen LogP contribution is -1.65. The third kappa shape index (κ3) is 3.60. The number of aliphatic imine (C=N–C) groups is 1. The smallest absolute Gasteiger partial charge is 0.255 e. The van der Waals surface area contributed by atoms with Crippen LogP contribution in [0.25, 0.3) is 0 Å². The predicted molar refractivity (Wildman–Crippen MR) is 58.2 cm³/mol. The number of hydrogen-bond donors (Lipinski definition) is 0. The molecule has 70 valence electrons. The molecule has 0 aromatic heterocycles. The van der Waals surface area contributed by atoms with Gasteiger partial charge < -0.3 is 0 Å². The minimum atomic E-state index is 0.630. The molecule has 0 N–H and O–H groups in total. The van der Waals surface area contributed by atoms with Crippen molar-refractivity contribution in [1.82, 2.24) is 0 Å². The molecule has 0 aliphatic carbocycles. The number of nitrogens with zero attached hydrogens (tertiary/aromatic N) is 2. The number of para-hydroxylation sites is 2. The summed E-state index contributed by atoms with van der Waals surface area (Å²) in [5.41, 5.74) is 0.707. The Bertz CT molecular complexity index is 282. The highest BCUT2D eigenvalue weighted by Crippen LogP contribution is 2.27. The van der Waals surface area contributed by atoms with Crippen molar-refractivity contribution in [3.63, 3.8) is 0 Å². The molecule has 0 saturated heterocycles. The number of nitroso groups, excluding NO2 is 1. The van der Waals surface area contributed by atoms with Gasteiger partial charge in [-0.3, -0.25) is 4.99 Å². The van der Waals surface area contributed by atoms with Crippen molar-refractivity contribution < 1.29 is 0 Å². The van der Waals surface area contributed by atoms with E-state index in [4.69, 9.17) is 4.54 Å².